The van der Waals surface area contributed by atoms with Crippen LogP contribution < -0.4 is 10.1 Å². The fourth-order valence-corrected chi connectivity index (χ4v) is 4.28. The molecule has 5 rings (SSSR count). The zero-order valence-electron chi connectivity index (χ0n) is 21.4. The van der Waals surface area contributed by atoms with E-state index in [2.05, 4.69) is 10.3 Å². The van der Waals surface area contributed by atoms with Crippen molar-refractivity contribution in [3.8, 4) is 17.0 Å². The molecule has 0 fully saturated rings. The van der Waals surface area contributed by atoms with Crippen LogP contribution in [0, 0.1) is 0 Å². The van der Waals surface area contributed by atoms with Gasteiger partial charge in [-0.05, 0) is 41.0 Å². The van der Waals surface area contributed by atoms with Gasteiger partial charge in [-0.1, -0.05) is 91.0 Å². The van der Waals surface area contributed by atoms with E-state index in [0.717, 1.165) is 28.0 Å². The number of ether oxygens (including phenoxy) is 1. The molecule has 4 aromatic carbocycles. The summed E-state index contributed by atoms with van der Waals surface area (Å²) >= 11 is 0. The van der Waals surface area contributed by atoms with E-state index < -0.39 is 12.0 Å². The molecule has 0 aliphatic rings. The molecule has 0 amide bonds. The van der Waals surface area contributed by atoms with E-state index >= 15 is 0 Å². The van der Waals surface area contributed by atoms with Crippen LogP contribution in [0.25, 0.3) is 11.3 Å². The van der Waals surface area contributed by atoms with Crippen molar-refractivity contribution in [2.45, 2.75) is 25.5 Å². The summed E-state index contributed by atoms with van der Waals surface area (Å²) in [6.45, 7) is 0.495. The number of aromatic nitrogens is 2. The maximum Gasteiger partial charge on any atom is 0.326 e. The molecule has 0 aliphatic heterocycles. The predicted octanol–water partition coefficient (Wildman–Crippen LogP) is 6.42. The molecular weight excluding hydrogens is 486 g/mol. The molecule has 0 unspecified atom stereocenters. The third-order valence-corrected chi connectivity index (χ3v) is 6.35. The Kier molecular flexibility index (Phi) is 8.24. The first-order valence-corrected chi connectivity index (χ1v) is 12.8. The minimum absolute atomic E-state index is 0.328. The van der Waals surface area contributed by atoms with E-state index in [1.165, 1.54) is 0 Å². The molecule has 6 heteroatoms. The van der Waals surface area contributed by atoms with Gasteiger partial charge in [0.2, 0.25) is 0 Å². The summed E-state index contributed by atoms with van der Waals surface area (Å²) in [5.74, 6) is 0.291. The normalized spacial score (nSPS) is 11.5. The van der Waals surface area contributed by atoms with Crippen molar-refractivity contribution in [2.24, 2.45) is 0 Å². The number of carboxylic acid groups (broad SMARTS) is 1. The van der Waals surface area contributed by atoms with E-state index in [0.29, 0.717) is 36.7 Å². The number of hydrogen-bond acceptors (Lipinski definition) is 5. The van der Waals surface area contributed by atoms with Crippen molar-refractivity contribution < 1.29 is 14.6 Å². The lowest BCUT2D eigenvalue weighted by molar-refractivity contribution is -0.137. The van der Waals surface area contributed by atoms with Gasteiger partial charge in [0, 0.05) is 18.4 Å². The number of carboxylic acids is 1. The van der Waals surface area contributed by atoms with E-state index in [4.69, 9.17) is 9.72 Å². The van der Waals surface area contributed by atoms with E-state index in [1.807, 2.05) is 115 Å². The van der Waals surface area contributed by atoms with Gasteiger partial charge >= 0.3 is 5.97 Å². The van der Waals surface area contributed by atoms with Gasteiger partial charge in [0.25, 0.3) is 0 Å². The first-order valence-electron chi connectivity index (χ1n) is 12.8. The van der Waals surface area contributed by atoms with Gasteiger partial charge in [-0.25, -0.2) is 14.8 Å². The first-order chi connectivity index (χ1) is 19.1. The number of nitrogens with zero attached hydrogens (tertiary/aromatic N) is 2. The van der Waals surface area contributed by atoms with Crippen LogP contribution in [0.5, 0.6) is 5.75 Å². The second-order valence-corrected chi connectivity index (χ2v) is 9.24. The minimum Gasteiger partial charge on any atom is -0.489 e. The molecule has 0 saturated heterocycles. The Labute approximate surface area is 228 Å². The van der Waals surface area contributed by atoms with E-state index in [9.17, 15) is 9.90 Å². The van der Waals surface area contributed by atoms with Gasteiger partial charge in [0.1, 0.15) is 24.2 Å². The maximum atomic E-state index is 12.1. The van der Waals surface area contributed by atoms with Crippen LogP contribution in [0.15, 0.2) is 121 Å². The summed E-state index contributed by atoms with van der Waals surface area (Å²) < 4.78 is 5.92. The Morgan fingerprint density at radius 3 is 1.97 bits per heavy atom. The molecule has 0 spiro atoms. The average Bonchev–Trinajstić information content (AvgIpc) is 2.98. The molecule has 1 heterocycles. The molecule has 1 atom stereocenters. The second kappa shape index (κ2) is 12.5. The highest BCUT2D eigenvalue weighted by Gasteiger charge is 2.21. The SMILES string of the molecule is O=C(O)[C@H](Cc1ccccc1)Nc1ncc(-c2ccc(OCc3ccccc3)cc2)nc1Cc1ccccc1. The summed E-state index contributed by atoms with van der Waals surface area (Å²) in [4.78, 5) is 21.7. The van der Waals surface area contributed by atoms with E-state index in [-0.39, 0.29) is 0 Å². The molecule has 39 heavy (non-hydrogen) atoms. The van der Waals surface area contributed by atoms with Gasteiger partial charge in [-0.2, -0.15) is 0 Å². The van der Waals surface area contributed by atoms with Crippen molar-refractivity contribution in [2.75, 3.05) is 5.32 Å². The molecule has 0 bridgehead atoms. The molecular formula is C33H29N3O3. The Morgan fingerprint density at radius 2 is 1.36 bits per heavy atom. The zero-order valence-corrected chi connectivity index (χ0v) is 21.4. The molecule has 0 radical (unpaired) electrons. The van der Waals surface area contributed by atoms with Crippen molar-refractivity contribution in [1.82, 2.24) is 9.97 Å². The predicted molar refractivity (Wildman–Crippen MR) is 153 cm³/mol. The number of benzene rings is 4. The number of rotatable bonds is 11. The summed E-state index contributed by atoms with van der Waals surface area (Å²) in [7, 11) is 0. The molecule has 5 aromatic rings. The number of carbonyl (C=O) groups is 1. The molecule has 1 aromatic heterocycles. The van der Waals surface area contributed by atoms with Crippen LogP contribution in [0.3, 0.4) is 0 Å². The molecule has 0 aliphatic carbocycles. The minimum atomic E-state index is -0.943. The fraction of sp³-hybridized carbons (Fsp3) is 0.121. The smallest absolute Gasteiger partial charge is 0.326 e. The van der Waals surface area contributed by atoms with Crippen LogP contribution in [0.2, 0.25) is 0 Å². The third kappa shape index (κ3) is 7.08. The largest absolute Gasteiger partial charge is 0.489 e. The average molecular weight is 516 g/mol. The molecule has 2 N–H and O–H groups in total. The lowest BCUT2D eigenvalue weighted by atomic mass is 10.1. The van der Waals surface area contributed by atoms with Gasteiger partial charge < -0.3 is 15.2 Å². The molecule has 6 nitrogen and oxygen atoms in total. The summed E-state index contributed by atoms with van der Waals surface area (Å²) in [5.41, 5.74) is 5.38. The number of aliphatic carboxylic acids is 1. The lowest BCUT2D eigenvalue weighted by Gasteiger charge is -2.18. The zero-order chi connectivity index (χ0) is 26.9. The lowest BCUT2D eigenvalue weighted by Crippen LogP contribution is -2.32. The van der Waals surface area contributed by atoms with Crippen molar-refractivity contribution in [3.63, 3.8) is 0 Å². The topological polar surface area (TPSA) is 84.3 Å². The molecule has 194 valence electrons. The Bertz CT molecular complexity index is 1490. The van der Waals surface area contributed by atoms with Crippen molar-refractivity contribution in [3.05, 3.63) is 144 Å². The highest BCUT2D eigenvalue weighted by Crippen LogP contribution is 2.25. The molecule has 0 saturated carbocycles. The summed E-state index contributed by atoms with van der Waals surface area (Å²) in [5, 5.41) is 13.1. The van der Waals surface area contributed by atoms with Gasteiger partial charge in [0.05, 0.1) is 17.6 Å². The van der Waals surface area contributed by atoms with Gasteiger partial charge in [-0.3, -0.25) is 0 Å². The van der Waals surface area contributed by atoms with Crippen LogP contribution >= 0.6 is 0 Å². The fourth-order valence-electron chi connectivity index (χ4n) is 4.28. The third-order valence-electron chi connectivity index (χ3n) is 6.35. The van der Waals surface area contributed by atoms with Crippen LogP contribution in [-0.2, 0) is 24.2 Å². The van der Waals surface area contributed by atoms with Crippen molar-refractivity contribution in [1.29, 1.82) is 0 Å². The van der Waals surface area contributed by atoms with Crippen LogP contribution in [-0.4, -0.2) is 27.1 Å². The quantitative estimate of drug-likeness (QED) is 0.211. The summed E-state index contributed by atoms with van der Waals surface area (Å²) in [6.07, 6.45) is 2.52. The van der Waals surface area contributed by atoms with Gasteiger partial charge in [0.15, 0.2) is 0 Å². The second-order valence-electron chi connectivity index (χ2n) is 9.24. The standard InChI is InChI=1S/C33H29N3O3/c37-33(38)30(21-25-12-6-2-7-13-25)36-32-29(20-24-10-4-1-5-11-24)35-31(22-34-32)27-16-18-28(19-17-27)39-23-26-14-8-3-9-15-26/h1-19,22,30H,20-21,23H2,(H,34,36)(H,37,38)/t30-/m0/s1. The Hall–Kier alpha value is -4.97. The van der Waals surface area contributed by atoms with E-state index in [1.54, 1.807) is 6.20 Å². The maximum absolute atomic E-state index is 12.1. The Morgan fingerprint density at radius 1 is 0.769 bits per heavy atom. The monoisotopic (exact) mass is 515 g/mol. The Balaban J connectivity index is 1.38. The van der Waals surface area contributed by atoms with Crippen molar-refractivity contribution >= 4 is 11.8 Å². The first kappa shape index (κ1) is 25.7. The van der Waals surface area contributed by atoms with Crippen LogP contribution in [0.1, 0.15) is 22.4 Å². The van der Waals surface area contributed by atoms with Crippen LogP contribution in [0.4, 0.5) is 5.82 Å². The number of anilines is 1. The van der Waals surface area contributed by atoms with Gasteiger partial charge in [-0.15, -0.1) is 0 Å². The highest BCUT2D eigenvalue weighted by molar-refractivity contribution is 5.77. The number of hydrogen-bond donors (Lipinski definition) is 2. The highest BCUT2D eigenvalue weighted by atomic mass is 16.5. The number of nitrogens with one attached hydrogen (secondary N) is 1. The summed E-state index contributed by atoms with van der Waals surface area (Å²) in [6, 6.07) is 36.5.